The fourth-order valence-corrected chi connectivity index (χ4v) is 3.18. The number of hydrogen-bond acceptors (Lipinski definition) is 4. The van der Waals surface area contributed by atoms with Crippen LogP contribution in [0.1, 0.15) is 96.8 Å². The van der Waals surface area contributed by atoms with Crippen LogP contribution in [0.3, 0.4) is 0 Å². The molecule has 0 heterocycles. The zero-order chi connectivity index (χ0) is 18.6. The Hall–Kier alpha value is 0.0700. The molecule has 0 aliphatic heterocycles. The van der Waals surface area contributed by atoms with Crippen molar-refractivity contribution in [3.8, 4) is 0 Å². The van der Waals surface area contributed by atoms with E-state index in [-0.39, 0.29) is 6.61 Å². The minimum Gasteiger partial charge on any atom is -0.381 e. The largest absolute Gasteiger partial charge is 0.471 e. The fourth-order valence-electron chi connectivity index (χ4n) is 2.72. The molecule has 0 spiro atoms. The Morgan fingerprint density at radius 2 is 1.12 bits per heavy atom. The highest BCUT2D eigenvalue weighted by Crippen LogP contribution is 2.41. The third kappa shape index (κ3) is 20.2. The maximum atomic E-state index is 11.0. The van der Waals surface area contributed by atoms with Gasteiger partial charge >= 0.3 is 7.82 Å². The van der Waals surface area contributed by atoms with Crippen molar-refractivity contribution >= 4 is 7.82 Å². The average molecular weight is 381 g/mol. The fraction of sp³-hybridized carbons (Fsp3) is 1.00. The van der Waals surface area contributed by atoms with Gasteiger partial charge in [-0.15, -0.1) is 0 Å². The molecule has 0 fully saturated rings. The van der Waals surface area contributed by atoms with Crippen LogP contribution in [-0.4, -0.2) is 31.8 Å². The second-order valence-corrected chi connectivity index (χ2v) is 8.25. The molecule has 1 N–H and O–H groups in total. The Kier molecular flexibility index (Phi) is 18.9. The first kappa shape index (κ1) is 25.1. The van der Waals surface area contributed by atoms with Gasteiger partial charge in [0, 0.05) is 20.3 Å². The topological polar surface area (TPSA) is 65.0 Å². The van der Waals surface area contributed by atoms with Gasteiger partial charge in [0.2, 0.25) is 0 Å². The molecule has 1 unspecified atom stereocenters. The molecule has 1 atom stereocenters. The van der Waals surface area contributed by atoms with Crippen molar-refractivity contribution in [2.24, 2.45) is 0 Å². The standard InChI is InChI=1S/C19H41O5P/c1-3-4-5-6-7-8-9-10-11-12-13-14-15-17-23-18-16-19-24-25(20,21)22-2/h3-19H2,1-2H3,(H,20,21). The Labute approximate surface area is 155 Å². The molecule has 0 aromatic heterocycles. The van der Waals surface area contributed by atoms with Crippen molar-refractivity contribution in [3.05, 3.63) is 0 Å². The van der Waals surface area contributed by atoms with Crippen LogP contribution in [0.15, 0.2) is 0 Å². The highest BCUT2D eigenvalue weighted by molar-refractivity contribution is 7.47. The van der Waals surface area contributed by atoms with E-state index < -0.39 is 7.82 Å². The normalized spacial score (nSPS) is 13.9. The molecular formula is C19H41O5P. The van der Waals surface area contributed by atoms with Gasteiger partial charge in [0.05, 0.1) is 6.61 Å². The summed E-state index contributed by atoms with van der Waals surface area (Å²) in [6, 6.07) is 0. The summed E-state index contributed by atoms with van der Waals surface area (Å²) < 4.78 is 25.5. The molecule has 0 aromatic carbocycles. The van der Waals surface area contributed by atoms with Crippen molar-refractivity contribution in [2.45, 2.75) is 96.8 Å². The van der Waals surface area contributed by atoms with E-state index in [9.17, 15) is 4.57 Å². The van der Waals surface area contributed by atoms with Crippen LogP contribution in [-0.2, 0) is 18.3 Å². The third-order valence-electron chi connectivity index (χ3n) is 4.31. The lowest BCUT2D eigenvalue weighted by molar-refractivity contribution is 0.105. The summed E-state index contributed by atoms with van der Waals surface area (Å²) in [6.45, 7) is 3.77. The summed E-state index contributed by atoms with van der Waals surface area (Å²) in [4.78, 5) is 9.03. The second-order valence-electron chi connectivity index (χ2n) is 6.69. The first-order valence-electron chi connectivity index (χ1n) is 10.2. The summed E-state index contributed by atoms with van der Waals surface area (Å²) >= 11 is 0. The van der Waals surface area contributed by atoms with Crippen molar-refractivity contribution in [2.75, 3.05) is 26.9 Å². The van der Waals surface area contributed by atoms with Gasteiger partial charge in [0.25, 0.3) is 0 Å². The molecule has 0 saturated carbocycles. The van der Waals surface area contributed by atoms with E-state index in [1.54, 1.807) is 0 Å². The Balaban J connectivity index is 3.06. The maximum Gasteiger partial charge on any atom is 0.471 e. The SMILES string of the molecule is CCCCCCCCCCCCCCCOCCCOP(=O)(O)OC. The quantitative estimate of drug-likeness (QED) is 0.200. The van der Waals surface area contributed by atoms with E-state index in [0.717, 1.165) is 20.1 Å². The first-order chi connectivity index (χ1) is 12.1. The van der Waals surface area contributed by atoms with Crippen molar-refractivity contribution in [1.82, 2.24) is 0 Å². The molecule has 0 radical (unpaired) electrons. The molecule has 6 heteroatoms. The van der Waals surface area contributed by atoms with E-state index in [4.69, 9.17) is 14.2 Å². The minimum atomic E-state index is -3.82. The van der Waals surface area contributed by atoms with Gasteiger partial charge in [-0.3, -0.25) is 9.05 Å². The van der Waals surface area contributed by atoms with E-state index in [2.05, 4.69) is 11.4 Å². The lowest BCUT2D eigenvalue weighted by Gasteiger charge is -2.09. The van der Waals surface area contributed by atoms with Gasteiger partial charge in [-0.05, 0) is 12.8 Å². The molecule has 0 aromatic rings. The third-order valence-corrected chi connectivity index (χ3v) is 5.28. The van der Waals surface area contributed by atoms with Crippen LogP contribution in [0.25, 0.3) is 0 Å². The molecule has 0 aliphatic rings. The lowest BCUT2D eigenvalue weighted by Crippen LogP contribution is -2.02. The van der Waals surface area contributed by atoms with Crippen LogP contribution < -0.4 is 0 Å². The van der Waals surface area contributed by atoms with Crippen LogP contribution in [0, 0.1) is 0 Å². The van der Waals surface area contributed by atoms with Crippen molar-refractivity contribution < 1.29 is 23.2 Å². The van der Waals surface area contributed by atoms with Gasteiger partial charge < -0.3 is 9.63 Å². The molecule has 0 saturated heterocycles. The summed E-state index contributed by atoms with van der Waals surface area (Å²) in [7, 11) is -2.66. The Morgan fingerprint density at radius 1 is 0.680 bits per heavy atom. The minimum absolute atomic E-state index is 0.181. The zero-order valence-corrected chi connectivity index (χ0v) is 17.4. The molecule has 0 rings (SSSR count). The van der Waals surface area contributed by atoms with Crippen molar-refractivity contribution in [3.63, 3.8) is 0 Å². The van der Waals surface area contributed by atoms with E-state index in [1.165, 1.54) is 77.0 Å². The molecule has 25 heavy (non-hydrogen) atoms. The highest BCUT2D eigenvalue weighted by Gasteiger charge is 2.17. The van der Waals surface area contributed by atoms with E-state index >= 15 is 0 Å². The molecule has 0 amide bonds. The molecule has 0 bridgehead atoms. The van der Waals surface area contributed by atoms with Crippen LogP contribution in [0.2, 0.25) is 0 Å². The van der Waals surface area contributed by atoms with Gasteiger partial charge in [-0.25, -0.2) is 4.57 Å². The number of ether oxygens (including phenoxy) is 1. The van der Waals surface area contributed by atoms with Crippen molar-refractivity contribution in [1.29, 1.82) is 0 Å². The number of hydrogen-bond donors (Lipinski definition) is 1. The monoisotopic (exact) mass is 380 g/mol. The summed E-state index contributed by atoms with van der Waals surface area (Å²) in [6.07, 6.45) is 18.1. The molecule has 5 nitrogen and oxygen atoms in total. The number of rotatable bonds is 20. The average Bonchev–Trinajstić information content (AvgIpc) is 2.60. The van der Waals surface area contributed by atoms with Crippen LogP contribution in [0.4, 0.5) is 0 Å². The van der Waals surface area contributed by atoms with E-state index in [0.29, 0.717) is 13.0 Å². The summed E-state index contributed by atoms with van der Waals surface area (Å²) in [5.74, 6) is 0. The van der Waals surface area contributed by atoms with Gasteiger partial charge in [-0.2, -0.15) is 0 Å². The van der Waals surface area contributed by atoms with E-state index in [1.807, 2.05) is 0 Å². The summed E-state index contributed by atoms with van der Waals surface area (Å²) in [5, 5.41) is 0. The number of phosphoric acid groups is 1. The predicted octanol–water partition coefficient (Wildman–Crippen LogP) is 6.25. The number of phosphoric ester groups is 1. The van der Waals surface area contributed by atoms with Crippen LogP contribution >= 0.6 is 7.82 Å². The second kappa shape index (κ2) is 18.8. The first-order valence-corrected chi connectivity index (χ1v) is 11.7. The number of unbranched alkanes of at least 4 members (excludes halogenated alkanes) is 12. The maximum absolute atomic E-state index is 11.0. The Bertz CT molecular complexity index is 312. The highest BCUT2D eigenvalue weighted by atomic mass is 31.2. The van der Waals surface area contributed by atoms with Gasteiger partial charge in [0.1, 0.15) is 0 Å². The predicted molar refractivity (Wildman–Crippen MR) is 104 cm³/mol. The van der Waals surface area contributed by atoms with Gasteiger partial charge in [-0.1, -0.05) is 84.0 Å². The van der Waals surface area contributed by atoms with Gasteiger partial charge in [0.15, 0.2) is 0 Å². The smallest absolute Gasteiger partial charge is 0.381 e. The Morgan fingerprint density at radius 3 is 1.60 bits per heavy atom. The summed E-state index contributed by atoms with van der Waals surface area (Å²) in [5.41, 5.74) is 0. The molecule has 0 aliphatic carbocycles. The van der Waals surface area contributed by atoms with Crippen LogP contribution in [0.5, 0.6) is 0 Å². The molecule has 152 valence electrons. The zero-order valence-electron chi connectivity index (χ0n) is 16.5. The molecular weight excluding hydrogens is 339 g/mol. The lowest BCUT2D eigenvalue weighted by atomic mass is 10.0.